The Bertz CT molecular complexity index is 904. The molecule has 3 rings (SSSR count). The van der Waals surface area contributed by atoms with Gasteiger partial charge in [0.05, 0.1) is 33.4 Å². The Kier molecular flexibility index (Phi) is 6.94. The second kappa shape index (κ2) is 9.47. The van der Waals surface area contributed by atoms with E-state index in [1.54, 1.807) is 23.1 Å². The Morgan fingerprint density at radius 1 is 1.06 bits per heavy atom. The van der Waals surface area contributed by atoms with Crippen LogP contribution in [-0.4, -0.2) is 44.7 Å². The number of ether oxygens (including phenoxy) is 3. The first-order valence-electron chi connectivity index (χ1n) is 9.75. The molecule has 168 valence electrons. The predicted molar refractivity (Wildman–Crippen MR) is 110 cm³/mol. The van der Waals surface area contributed by atoms with Gasteiger partial charge >= 0.3 is 6.18 Å². The minimum atomic E-state index is -4.44. The number of nitrogens with zero attached hydrogens (tertiary/aromatic N) is 1. The van der Waals surface area contributed by atoms with Gasteiger partial charge in [0, 0.05) is 30.4 Å². The summed E-state index contributed by atoms with van der Waals surface area (Å²) in [5.41, 5.74) is -0.0842. The zero-order valence-corrected chi connectivity index (χ0v) is 17.6. The zero-order valence-electron chi connectivity index (χ0n) is 17.6. The maximum absolute atomic E-state index is 13.3. The van der Waals surface area contributed by atoms with Crippen LogP contribution >= 0.6 is 0 Å². The van der Waals surface area contributed by atoms with Crippen molar-refractivity contribution in [2.45, 2.75) is 31.6 Å². The lowest BCUT2D eigenvalue weighted by atomic mass is 10.1. The number of hydrogen-bond donors (Lipinski definition) is 1. The van der Waals surface area contributed by atoms with Crippen molar-refractivity contribution in [3.05, 3.63) is 47.5 Å². The second-order valence-electron chi connectivity index (χ2n) is 7.25. The lowest BCUT2D eigenvalue weighted by Crippen LogP contribution is -2.35. The molecule has 0 saturated heterocycles. The van der Waals surface area contributed by atoms with Crippen molar-refractivity contribution in [3.8, 4) is 17.2 Å². The molecule has 1 N–H and O–H groups in total. The topological polar surface area (TPSA) is 60.0 Å². The van der Waals surface area contributed by atoms with E-state index in [9.17, 15) is 18.0 Å². The molecule has 0 atom stereocenters. The second-order valence-corrected chi connectivity index (χ2v) is 7.25. The van der Waals surface area contributed by atoms with Crippen LogP contribution in [0.2, 0.25) is 0 Å². The lowest BCUT2D eigenvalue weighted by Gasteiger charge is -2.23. The molecule has 0 heterocycles. The van der Waals surface area contributed by atoms with Crippen LogP contribution in [-0.2, 0) is 17.5 Å². The number of anilines is 1. The number of hydrogen-bond acceptors (Lipinski definition) is 5. The minimum absolute atomic E-state index is 0.0342. The quantitative estimate of drug-likeness (QED) is 0.632. The third-order valence-electron chi connectivity index (χ3n) is 5.05. The fourth-order valence-electron chi connectivity index (χ4n) is 3.45. The molecule has 1 fully saturated rings. The Balaban J connectivity index is 1.75. The van der Waals surface area contributed by atoms with E-state index in [2.05, 4.69) is 5.32 Å². The first-order chi connectivity index (χ1) is 14.8. The largest absolute Gasteiger partial charge is 0.493 e. The first-order valence-corrected chi connectivity index (χ1v) is 9.75. The summed E-state index contributed by atoms with van der Waals surface area (Å²) in [5.74, 6) is 0.822. The molecule has 1 saturated carbocycles. The molecule has 1 aliphatic carbocycles. The van der Waals surface area contributed by atoms with Gasteiger partial charge in [0.15, 0.2) is 11.5 Å². The fourth-order valence-corrected chi connectivity index (χ4v) is 3.45. The Morgan fingerprint density at radius 3 is 2.19 bits per heavy atom. The van der Waals surface area contributed by atoms with Crippen LogP contribution < -0.4 is 19.5 Å². The summed E-state index contributed by atoms with van der Waals surface area (Å²) in [5, 5.41) is 2.77. The number of nitrogens with one attached hydrogen (secondary N) is 1. The van der Waals surface area contributed by atoms with E-state index in [0.29, 0.717) is 22.9 Å². The average molecular weight is 438 g/mol. The SMILES string of the molecule is COc1cc(NC(=O)CN(Cc2ccccc2C(F)(F)F)C2CC2)cc(OC)c1OC. The molecule has 2 aromatic carbocycles. The third-order valence-corrected chi connectivity index (χ3v) is 5.05. The van der Waals surface area contributed by atoms with Gasteiger partial charge in [-0.3, -0.25) is 9.69 Å². The van der Waals surface area contributed by atoms with Gasteiger partial charge in [-0.25, -0.2) is 0 Å². The first kappa shape index (κ1) is 22.7. The van der Waals surface area contributed by atoms with Crippen molar-refractivity contribution < 1.29 is 32.2 Å². The van der Waals surface area contributed by atoms with Crippen molar-refractivity contribution in [1.29, 1.82) is 0 Å². The summed E-state index contributed by atoms with van der Waals surface area (Å²) in [7, 11) is 4.41. The number of carbonyl (C=O) groups is 1. The highest BCUT2D eigenvalue weighted by Crippen LogP contribution is 2.40. The summed E-state index contributed by atoms with van der Waals surface area (Å²) in [6.07, 6.45) is -2.73. The Morgan fingerprint density at radius 2 is 1.68 bits per heavy atom. The number of rotatable bonds is 9. The molecule has 1 amide bonds. The lowest BCUT2D eigenvalue weighted by molar-refractivity contribution is -0.138. The van der Waals surface area contributed by atoms with Crippen molar-refractivity contribution in [1.82, 2.24) is 4.90 Å². The van der Waals surface area contributed by atoms with Crippen LogP contribution in [0.1, 0.15) is 24.0 Å². The molecule has 9 heteroatoms. The highest BCUT2D eigenvalue weighted by atomic mass is 19.4. The molecule has 6 nitrogen and oxygen atoms in total. The van der Waals surface area contributed by atoms with E-state index in [-0.39, 0.29) is 30.6 Å². The van der Waals surface area contributed by atoms with E-state index in [0.717, 1.165) is 18.9 Å². The van der Waals surface area contributed by atoms with Crippen LogP contribution in [0.25, 0.3) is 0 Å². The van der Waals surface area contributed by atoms with E-state index >= 15 is 0 Å². The maximum atomic E-state index is 13.3. The number of methoxy groups -OCH3 is 3. The predicted octanol–water partition coefficient (Wildman–Crippen LogP) is 4.33. The number of amides is 1. The molecule has 0 radical (unpaired) electrons. The van der Waals surface area contributed by atoms with Crippen molar-refractivity contribution >= 4 is 11.6 Å². The van der Waals surface area contributed by atoms with Crippen LogP contribution in [0.3, 0.4) is 0 Å². The molecule has 0 aliphatic heterocycles. The summed E-state index contributed by atoms with van der Waals surface area (Å²) >= 11 is 0. The van der Waals surface area contributed by atoms with Gasteiger partial charge in [0.2, 0.25) is 11.7 Å². The molecular formula is C22H25F3N2O4. The standard InChI is InChI=1S/C22H25F3N2O4/c1-29-18-10-15(11-19(30-2)21(18)31-3)26-20(28)13-27(16-8-9-16)12-14-6-4-5-7-17(14)22(23,24)25/h4-7,10-11,16H,8-9,12-13H2,1-3H3,(H,26,28). The minimum Gasteiger partial charge on any atom is -0.493 e. The molecule has 0 spiro atoms. The Labute approximate surface area is 178 Å². The summed E-state index contributed by atoms with van der Waals surface area (Å²) in [6.45, 7) is 0.0105. The van der Waals surface area contributed by atoms with Gasteiger partial charge in [-0.2, -0.15) is 13.2 Å². The number of halogens is 3. The zero-order chi connectivity index (χ0) is 22.6. The van der Waals surface area contributed by atoms with Gasteiger partial charge in [-0.15, -0.1) is 0 Å². The monoisotopic (exact) mass is 438 g/mol. The summed E-state index contributed by atoms with van der Waals surface area (Å²) in [6, 6.07) is 8.74. The average Bonchev–Trinajstić information content (AvgIpc) is 3.57. The van der Waals surface area contributed by atoms with Crippen LogP contribution in [0.15, 0.2) is 36.4 Å². The van der Waals surface area contributed by atoms with Gasteiger partial charge in [0.1, 0.15) is 0 Å². The fraction of sp³-hybridized carbons (Fsp3) is 0.409. The summed E-state index contributed by atoms with van der Waals surface area (Å²) < 4.78 is 55.8. The number of benzene rings is 2. The van der Waals surface area contributed by atoms with E-state index in [4.69, 9.17) is 14.2 Å². The van der Waals surface area contributed by atoms with Crippen LogP contribution in [0.4, 0.5) is 18.9 Å². The molecule has 0 bridgehead atoms. The third kappa shape index (κ3) is 5.61. The molecule has 2 aromatic rings. The van der Waals surface area contributed by atoms with Gasteiger partial charge < -0.3 is 19.5 Å². The van der Waals surface area contributed by atoms with Gasteiger partial charge in [0.25, 0.3) is 0 Å². The van der Waals surface area contributed by atoms with Gasteiger partial charge in [-0.1, -0.05) is 18.2 Å². The molecule has 0 aromatic heterocycles. The highest BCUT2D eigenvalue weighted by molar-refractivity contribution is 5.93. The van der Waals surface area contributed by atoms with E-state index in [1.165, 1.54) is 33.5 Å². The number of alkyl halides is 3. The van der Waals surface area contributed by atoms with Crippen molar-refractivity contribution in [2.24, 2.45) is 0 Å². The molecule has 0 unspecified atom stereocenters. The highest BCUT2D eigenvalue weighted by Gasteiger charge is 2.36. The smallest absolute Gasteiger partial charge is 0.416 e. The van der Waals surface area contributed by atoms with Crippen molar-refractivity contribution in [3.63, 3.8) is 0 Å². The van der Waals surface area contributed by atoms with E-state index < -0.39 is 11.7 Å². The Hall–Kier alpha value is -2.94. The van der Waals surface area contributed by atoms with E-state index in [1.807, 2.05) is 0 Å². The molecular weight excluding hydrogens is 413 g/mol. The molecule has 1 aliphatic rings. The number of carbonyl (C=O) groups excluding carboxylic acids is 1. The van der Waals surface area contributed by atoms with Crippen molar-refractivity contribution in [2.75, 3.05) is 33.2 Å². The maximum Gasteiger partial charge on any atom is 0.416 e. The van der Waals surface area contributed by atoms with Crippen LogP contribution in [0.5, 0.6) is 17.2 Å². The normalized spacial score (nSPS) is 13.8. The van der Waals surface area contributed by atoms with Crippen LogP contribution in [0, 0.1) is 0 Å². The summed E-state index contributed by atoms with van der Waals surface area (Å²) in [4.78, 5) is 14.5. The van der Waals surface area contributed by atoms with Gasteiger partial charge in [-0.05, 0) is 24.5 Å². The molecule has 31 heavy (non-hydrogen) atoms.